The number of carbonyl (C=O) groups excluding carboxylic acids is 2. The third-order valence-corrected chi connectivity index (χ3v) is 6.12. The quantitative estimate of drug-likeness (QED) is 0.545. The maximum absolute atomic E-state index is 13.4. The summed E-state index contributed by atoms with van der Waals surface area (Å²) in [6.07, 6.45) is 5.33. The number of oxazole rings is 1. The van der Waals surface area contributed by atoms with E-state index in [0.717, 1.165) is 31.2 Å². The van der Waals surface area contributed by atoms with Crippen LogP contribution in [-0.2, 0) is 9.59 Å². The number of fused-ring (bicyclic) bond motifs is 1. The highest BCUT2D eigenvalue weighted by Gasteiger charge is 2.23. The topological polar surface area (TPSA) is 75.4 Å². The van der Waals surface area contributed by atoms with E-state index in [1.165, 1.54) is 47.3 Å². The monoisotopic (exact) mass is 441 g/mol. The third kappa shape index (κ3) is 5.64. The van der Waals surface area contributed by atoms with Crippen molar-refractivity contribution in [3.05, 3.63) is 54.3 Å². The number of carbonyl (C=O) groups is 2. The van der Waals surface area contributed by atoms with Crippen molar-refractivity contribution >= 4 is 40.4 Å². The lowest BCUT2D eigenvalue weighted by Crippen LogP contribution is -2.45. The van der Waals surface area contributed by atoms with Crippen LogP contribution in [0.5, 0.6) is 0 Å². The molecule has 1 saturated carbocycles. The lowest BCUT2D eigenvalue weighted by Gasteiger charge is -2.26. The Labute approximate surface area is 184 Å². The number of rotatable bonds is 7. The molecule has 2 amide bonds. The molecule has 31 heavy (non-hydrogen) atoms. The van der Waals surface area contributed by atoms with Crippen LogP contribution < -0.4 is 10.2 Å². The molecule has 0 aliphatic heterocycles. The molecule has 3 aromatic rings. The summed E-state index contributed by atoms with van der Waals surface area (Å²) in [5, 5.41) is 3.42. The van der Waals surface area contributed by atoms with Gasteiger partial charge in [-0.3, -0.25) is 9.59 Å². The molecule has 6 nitrogen and oxygen atoms in total. The van der Waals surface area contributed by atoms with Crippen molar-refractivity contribution in [2.24, 2.45) is 0 Å². The van der Waals surface area contributed by atoms with Crippen LogP contribution in [0.25, 0.3) is 11.1 Å². The van der Waals surface area contributed by atoms with Crippen LogP contribution >= 0.6 is 11.8 Å². The molecule has 1 aliphatic rings. The highest BCUT2D eigenvalue weighted by Crippen LogP contribution is 2.25. The Morgan fingerprint density at radius 1 is 1.10 bits per heavy atom. The smallest absolute Gasteiger partial charge is 0.257 e. The van der Waals surface area contributed by atoms with E-state index in [9.17, 15) is 14.0 Å². The lowest BCUT2D eigenvalue weighted by atomic mass is 9.95. The van der Waals surface area contributed by atoms with Crippen LogP contribution in [0.1, 0.15) is 32.1 Å². The summed E-state index contributed by atoms with van der Waals surface area (Å²) in [5.41, 5.74) is 1.85. The number of benzene rings is 2. The SMILES string of the molecule is O=C(CN(C(=O)CSc1nc2ccccc2o1)c1ccc(F)cc1)NC1CCCCC1. The first-order valence-electron chi connectivity index (χ1n) is 10.4. The van der Waals surface area contributed by atoms with E-state index in [2.05, 4.69) is 10.3 Å². The van der Waals surface area contributed by atoms with Crippen LogP contribution in [0, 0.1) is 5.82 Å². The zero-order valence-electron chi connectivity index (χ0n) is 17.1. The second kappa shape index (κ2) is 9.96. The fraction of sp³-hybridized carbons (Fsp3) is 0.348. The van der Waals surface area contributed by atoms with Crippen LogP contribution in [0.2, 0.25) is 0 Å². The van der Waals surface area contributed by atoms with Gasteiger partial charge in [0.1, 0.15) is 17.9 Å². The lowest BCUT2D eigenvalue weighted by molar-refractivity contribution is -0.123. The van der Waals surface area contributed by atoms with Crippen molar-refractivity contribution in [3.8, 4) is 0 Å². The molecule has 0 unspecified atom stereocenters. The second-order valence-electron chi connectivity index (χ2n) is 7.59. The fourth-order valence-electron chi connectivity index (χ4n) is 3.72. The molecule has 0 bridgehead atoms. The summed E-state index contributed by atoms with van der Waals surface area (Å²) >= 11 is 1.17. The van der Waals surface area contributed by atoms with Gasteiger partial charge in [-0.15, -0.1) is 0 Å². The molecule has 2 aromatic carbocycles. The van der Waals surface area contributed by atoms with Crippen molar-refractivity contribution in [2.75, 3.05) is 17.2 Å². The predicted molar refractivity (Wildman–Crippen MR) is 119 cm³/mol. The number of aromatic nitrogens is 1. The Morgan fingerprint density at radius 2 is 1.84 bits per heavy atom. The Balaban J connectivity index is 1.44. The van der Waals surface area contributed by atoms with Crippen molar-refractivity contribution < 1.29 is 18.4 Å². The first kappa shape index (κ1) is 21.4. The van der Waals surface area contributed by atoms with E-state index < -0.39 is 5.82 Å². The van der Waals surface area contributed by atoms with Gasteiger partial charge in [0.25, 0.3) is 5.22 Å². The summed E-state index contributed by atoms with van der Waals surface area (Å²) in [4.78, 5) is 31.4. The molecule has 1 N–H and O–H groups in total. The Hall–Kier alpha value is -2.87. The first-order valence-corrected chi connectivity index (χ1v) is 11.4. The number of para-hydroxylation sites is 2. The predicted octanol–water partition coefficient (Wildman–Crippen LogP) is 4.54. The van der Waals surface area contributed by atoms with Gasteiger partial charge in [0.2, 0.25) is 11.8 Å². The van der Waals surface area contributed by atoms with E-state index in [4.69, 9.17) is 4.42 Å². The highest BCUT2D eigenvalue weighted by molar-refractivity contribution is 7.99. The summed E-state index contributed by atoms with van der Waals surface area (Å²) in [6.45, 7) is -0.116. The molecule has 0 atom stereocenters. The molecule has 0 saturated heterocycles. The van der Waals surface area contributed by atoms with E-state index in [1.807, 2.05) is 24.3 Å². The Morgan fingerprint density at radius 3 is 2.58 bits per heavy atom. The normalized spacial score (nSPS) is 14.5. The number of hydrogen-bond acceptors (Lipinski definition) is 5. The van der Waals surface area contributed by atoms with Gasteiger partial charge in [-0.25, -0.2) is 9.37 Å². The minimum Gasteiger partial charge on any atom is -0.431 e. The first-order chi connectivity index (χ1) is 15.1. The van der Waals surface area contributed by atoms with Crippen LogP contribution in [-0.4, -0.2) is 35.1 Å². The maximum Gasteiger partial charge on any atom is 0.257 e. The molecular weight excluding hydrogens is 417 g/mol. The molecule has 0 spiro atoms. The number of nitrogens with one attached hydrogen (secondary N) is 1. The van der Waals surface area contributed by atoms with E-state index in [1.54, 1.807) is 0 Å². The van der Waals surface area contributed by atoms with Gasteiger partial charge in [-0.2, -0.15) is 0 Å². The van der Waals surface area contributed by atoms with Gasteiger partial charge in [-0.05, 0) is 49.2 Å². The molecule has 162 valence electrons. The molecule has 8 heteroatoms. The summed E-state index contributed by atoms with van der Waals surface area (Å²) in [7, 11) is 0. The summed E-state index contributed by atoms with van der Waals surface area (Å²) in [5.74, 6) is -0.848. The van der Waals surface area contributed by atoms with Crippen molar-refractivity contribution in [3.63, 3.8) is 0 Å². The average molecular weight is 442 g/mol. The van der Waals surface area contributed by atoms with Crippen LogP contribution in [0.4, 0.5) is 10.1 Å². The second-order valence-corrected chi connectivity index (χ2v) is 8.52. The maximum atomic E-state index is 13.4. The van der Waals surface area contributed by atoms with Crippen molar-refractivity contribution in [1.29, 1.82) is 0 Å². The molecular formula is C23H24FN3O3S. The molecule has 4 rings (SSSR count). The average Bonchev–Trinajstić information content (AvgIpc) is 3.20. The number of amides is 2. The highest BCUT2D eigenvalue weighted by atomic mass is 32.2. The molecule has 1 heterocycles. The molecule has 1 aliphatic carbocycles. The standard InChI is InChI=1S/C23H24FN3O3S/c24-16-10-12-18(13-11-16)27(14-21(28)25-17-6-2-1-3-7-17)22(29)15-31-23-26-19-8-4-5-9-20(19)30-23/h4-5,8-13,17H,1-3,6-7,14-15H2,(H,25,28). The Kier molecular flexibility index (Phi) is 6.86. The largest absolute Gasteiger partial charge is 0.431 e. The number of anilines is 1. The van der Waals surface area contributed by atoms with Gasteiger partial charge in [0.05, 0.1) is 5.75 Å². The summed E-state index contributed by atoms with van der Waals surface area (Å²) < 4.78 is 19.0. The third-order valence-electron chi connectivity index (χ3n) is 5.30. The number of nitrogens with zero attached hydrogens (tertiary/aromatic N) is 2. The van der Waals surface area contributed by atoms with Gasteiger partial charge in [0, 0.05) is 11.7 Å². The fourth-order valence-corrected chi connectivity index (χ4v) is 4.44. The van der Waals surface area contributed by atoms with Crippen LogP contribution in [0.3, 0.4) is 0 Å². The van der Waals surface area contributed by atoms with E-state index >= 15 is 0 Å². The molecule has 1 fully saturated rings. The number of halogens is 1. The number of thioether (sulfide) groups is 1. The van der Waals surface area contributed by atoms with Gasteiger partial charge in [0.15, 0.2) is 5.58 Å². The van der Waals surface area contributed by atoms with Gasteiger partial charge >= 0.3 is 0 Å². The summed E-state index contributed by atoms with van der Waals surface area (Å²) in [6, 6.07) is 13.1. The van der Waals surface area contributed by atoms with Crippen molar-refractivity contribution in [1.82, 2.24) is 10.3 Å². The zero-order chi connectivity index (χ0) is 21.6. The minimum absolute atomic E-state index is 0.0426. The van der Waals surface area contributed by atoms with E-state index in [0.29, 0.717) is 16.5 Å². The zero-order valence-corrected chi connectivity index (χ0v) is 17.9. The minimum atomic E-state index is -0.399. The van der Waals surface area contributed by atoms with Crippen molar-refractivity contribution in [2.45, 2.75) is 43.4 Å². The molecule has 1 aromatic heterocycles. The van der Waals surface area contributed by atoms with E-state index in [-0.39, 0.29) is 30.2 Å². The molecule has 0 radical (unpaired) electrons. The Bertz CT molecular complexity index is 1010. The number of hydrogen-bond donors (Lipinski definition) is 1. The van der Waals surface area contributed by atoms with Gasteiger partial charge in [-0.1, -0.05) is 43.2 Å². The van der Waals surface area contributed by atoms with Crippen LogP contribution in [0.15, 0.2) is 58.2 Å². The van der Waals surface area contributed by atoms with Gasteiger partial charge < -0.3 is 14.6 Å².